The number of hydrogen-bond acceptors (Lipinski definition) is 2. The molecule has 0 fully saturated rings. The predicted octanol–water partition coefficient (Wildman–Crippen LogP) is 4.09. The monoisotopic (exact) mass is 296 g/mol. The highest BCUT2D eigenvalue weighted by Crippen LogP contribution is 2.15. The van der Waals surface area contributed by atoms with Crippen LogP contribution in [0.15, 0.2) is 24.4 Å². The van der Waals surface area contributed by atoms with Crippen molar-refractivity contribution in [1.29, 1.82) is 0 Å². The van der Waals surface area contributed by atoms with Crippen LogP contribution >= 0.6 is 11.6 Å². The van der Waals surface area contributed by atoms with Crippen molar-refractivity contribution in [2.24, 2.45) is 0 Å². The van der Waals surface area contributed by atoms with Gasteiger partial charge in [0.05, 0.1) is 11.6 Å². The minimum atomic E-state index is -1.02. The van der Waals surface area contributed by atoms with E-state index in [0.717, 1.165) is 23.3 Å². The van der Waals surface area contributed by atoms with Crippen molar-refractivity contribution in [2.45, 2.75) is 38.3 Å². The zero-order chi connectivity index (χ0) is 13.9. The number of ether oxygens (including phenoxy) is 1. The Morgan fingerprint density at radius 2 is 2.05 bits per heavy atom. The first-order valence-corrected chi connectivity index (χ1v) is 10.8. The van der Waals surface area contributed by atoms with Crippen LogP contribution in [0.4, 0.5) is 0 Å². The Hall–Kier alpha value is -0.843. The van der Waals surface area contributed by atoms with E-state index in [4.69, 9.17) is 16.3 Å². The van der Waals surface area contributed by atoms with Crippen molar-refractivity contribution in [3.05, 3.63) is 30.1 Å². The molecule has 0 spiro atoms. The molecule has 0 aliphatic heterocycles. The Labute approximate surface area is 120 Å². The molecule has 0 aromatic carbocycles. The van der Waals surface area contributed by atoms with Crippen LogP contribution in [0, 0.1) is 0 Å². The van der Waals surface area contributed by atoms with Gasteiger partial charge in [-0.25, -0.2) is 4.98 Å². The van der Waals surface area contributed by atoms with Gasteiger partial charge in [-0.1, -0.05) is 19.6 Å². The van der Waals surface area contributed by atoms with E-state index in [1.807, 2.05) is 16.8 Å². The summed E-state index contributed by atoms with van der Waals surface area (Å²) in [5.74, 6) is 0.442. The Bertz CT molecular complexity index is 548. The van der Waals surface area contributed by atoms with Crippen molar-refractivity contribution < 1.29 is 4.74 Å². The SMILES string of the molecule is C[Si](C)(C)CCOCn1ccc2ccc(CCl)nc21. The van der Waals surface area contributed by atoms with Crippen LogP contribution in [0.2, 0.25) is 25.7 Å². The lowest BCUT2D eigenvalue weighted by atomic mass is 10.3. The topological polar surface area (TPSA) is 27.1 Å². The zero-order valence-electron chi connectivity index (χ0n) is 11.8. The Balaban J connectivity index is 2.00. The largest absolute Gasteiger partial charge is 0.361 e. The molecule has 3 nitrogen and oxygen atoms in total. The fourth-order valence-corrected chi connectivity index (χ4v) is 2.72. The highest BCUT2D eigenvalue weighted by Gasteiger charge is 2.12. The summed E-state index contributed by atoms with van der Waals surface area (Å²) in [6.07, 6.45) is 2.02. The van der Waals surface area contributed by atoms with E-state index in [1.165, 1.54) is 6.04 Å². The van der Waals surface area contributed by atoms with Crippen LogP contribution in [0.1, 0.15) is 5.69 Å². The minimum absolute atomic E-state index is 0.442. The van der Waals surface area contributed by atoms with Crippen molar-refractivity contribution in [1.82, 2.24) is 9.55 Å². The molecule has 0 radical (unpaired) electrons. The lowest BCUT2D eigenvalue weighted by molar-refractivity contribution is 0.0899. The summed E-state index contributed by atoms with van der Waals surface area (Å²) < 4.78 is 7.80. The van der Waals surface area contributed by atoms with Crippen LogP contribution in [-0.4, -0.2) is 24.2 Å². The molecule has 0 amide bonds. The third-order valence-corrected chi connectivity index (χ3v) is 5.01. The maximum absolute atomic E-state index is 5.83. The van der Waals surface area contributed by atoms with Gasteiger partial charge in [0, 0.05) is 26.3 Å². The van der Waals surface area contributed by atoms with Gasteiger partial charge in [0.25, 0.3) is 0 Å². The average molecular weight is 297 g/mol. The fourth-order valence-electron chi connectivity index (χ4n) is 1.82. The molecule has 19 heavy (non-hydrogen) atoms. The van der Waals surface area contributed by atoms with Gasteiger partial charge in [-0.15, -0.1) is 11.6 Å². The minimum Gasteiger partial charge on any atom is -0.361 e. The molecular weight excluding hydrogens is 276 g/mol. The molecule has 0 aliphatic rings. The molecule has 2 rings (SSSR count). The number of rotatable bonds is 6. The van der Waals surface area contributed by atoms with Gasteiger partial charge in [0.1, 0.15) is 12.4 Å². The number of alkyl halides is 1. The van der Waals surface area contributed by atoms with Gasteiger partial charge < -0.3 is 9.30 Å². The van der Waals surface area contributed by atoms with Crippen molar-refractivity contribution in [3.8, 4) is 0 Å². The maximum Gasteiger partial charge on any atom is 0.142 e. The highest BCUT2D eigenvalue weighted by molar-refractivity contribution is 6.76. The van der Waals surface area contributed by atoms with Gasteiger partial charge in [-0.3, -0.25) is 0 Å². The molecule has 0 saturated carbocycles. The summed E-state index contributed by atoms with van der Waals surface area (Å²) in [7, 11) is -1.02. The van der Waals surface area contributed by atoms with Gasteiger partial charge in [-0.05, 0) is 24.2 Å². The van der Waals surface area contributed by atoms with Crippen molar-refractivity contribution in [3.63, 3.8) is 0 Å². The summed E-state index contributed by atoms with van der Waals surface area (Å²) in [5, 5.41) is 1.13. The molecule has 2 aromatic rings. The first-order chi connectivity index (χ1) is 8.99. The maximum atomic E-state index is 5.83. The number of fused-ring (bicyclic) bond motifs is 1. The Kier molecular flexibility index (Phi) is 4.65. The highest BCUT2D eigenvalue weighted by atomic mass is 35.5. The van der Waals surface area contributed by atoms with Gasteiger partial charge in [0.2, 0.25) is 0 Å². The summed E-state index contributed by atoms with van der Waals surface area (Å²) in [5.41, 5.74) is 1.85. The van der Waals surface area contributed by atoms with Gasteiger partial charge >= 0.3 is 0 Å². The molecule has 0 aliphatic carbocycles. The van der Waals surface area contributed by atoms with Crippen LogP contribution in [-0.2, 0) is 17.3 Å². The van der Waals surface area contributed by atoms with Crippen LogP contribution in [0.25, 0.3) is 11.0 Å². The lowest BCUT2D eigenvalue weighted by Gasteiger charge is -2.15. The number of halogens is 1. The van der Waals surface area contributed by atoms with E-state index in [1.54, 1.807) is 0 Å². The molecule has 2 heterocycles. The summed E-state index contributed by atoms with van der Waals surface area (Å²) in [6.45, 7) is 8.46. The summed E-state index contributed by atoms with van der Waals surface area (Å²) in [6, 6.07) is 7.26. The molecule has 0 atom stereocenters. The molecule has 0 N–H and O–H groups in total. The average Bonchev–Trinajstić information content (AvgIpc) is 2.76. The van der Waals surface area contributed by atoms with Crippen LogP contribution in [0.3, 0.4) is 0 Å². The van der Waals surface area contributed by atoms with E-state index in [-0.39, 0.29) is 0 Å². The standard InChI is InChI=1S/C14H21ClN2OSi/c1-19(2,3)9-8-18-11-17-7-6-12-4-5-13(10-15)16-14(12)17/h4-7H,8-11H2,1-3H3. The lowest BCUT2D eigenvalue weighted by Crippen LogP contribution is -2.22. The Morgan fingerprint density at radius 1 is 1.26 bits per heavy atom. The molecule has 0 bridgehead atoms. The molecular formula is C14H21ClN2OSi. The third kappa shape index (κ3) is 4.06. The van der Waals surface area contributed by atoms with Crippen LogP contribution < -0.4 is 0 Å². The van der Waals surface area contributed by atoms with Gasteiger partial charge in [0.15, 0.2) is 0 Å². The van der Waals surface area contributed by atoms with Crippen molar-refractivity contribution >= 4 is 30.7 Å². The van der Waals surface area contributed by atoms with E-state index >= 15 is 0 Å². The number of nitrogens with zero attached hydrogens (tertiary/aromatic N) is 2. The first-order valence-electron chi connectivity index (χ1n) is 6.58. The smallest absolute Gasteiger partial charge is 0.142 e. The molecule has 0 saturated heterocycles. The molecule has 2 aromatic heterocycles. The predicted molar refractivity (Wildman–Crippen MR) is 83.4 cm³/mol. The number of pyridine rings is 1. The summed E-state index contributed by atoms with van der Waals surface area (Å²) >= 11 is 5.83. The van der Waals surface area contributed by atoms with E-state index in [2.05, 4.69) is 36.8 Å². The second-order valence-corrected chi connectivity index (χ2v) is 11.9. The Morgan fingerprint density at radius 3 is 2.74 bits per heavy atom. The van der Waals surface area contributed by atoms with Gasteiger partial charge in [-0.2, -0.15) is 0 Å². The number of aromatic nitrogens is 2. The van der Waals surface area contributed by atoms with E-state index in [9.17, 15) is 0 Å². The third-order valence-electron chi connectivity index (χ3n) is 3.03. The fraction of sp³-hybridized carbons (Fsp3) is 0.500. The second kappa shape index (κ2) is 6.07. The van der Waals surface area contributed by atoms with Crippen molar-refractivity contribution in [2.75, 3.05) is 6.61 Å². The van der Waals surface area contributed by atoms with Crippen LogP contribution in [0.5, 0.6) is 0 Å². The van der Waals surface area contributed by atoms with E-state index < -0.39 is 8.07 Å². The van der Waals surface area contributed by atoms with E-state index in [0.29, 0.717) is 12.6 Å². The summed E-state index contributed by atoms with van der Waals surface area (Å²) in [4.78, 5) is 4.54. The molecule has 5 heteroatoms. The first kappa shape index (κ1) is 14.6. The quantitative estimate of drug-likeness (QED) is 0.456. The molecule has 0 unspecified atom stereocenters. The normalized spacial score (nSPS) is 12.2. The molecule has 104 valence electrons. The second-order valence-electron chi connectivity index (χ2n) is 5.98. The number of hydrogen-bond donors (Lipinski definition) is 0. The zero-order valence-corrected chi connectivity index (χ0v) is 13.6.